The highest BCUT2D eigenvalue weighted by Crippen LogP contribution is 2.29. The lowest BCUT2D eigenvalue weighted by Crippen LogP contribution is -2.29. The van der Waals surface area contributed by atoms with Gasteiger partial charge in [-0.2, -0.15) is 8.42 Å². The van der Waals surface area contributed by atoms with Crippen LogP contribution in [-0.4, -0.2) is 47.8 Å². The van der Waals surface area contributed by atoms with Gasteiger partial charge in [-0.1, -0.05) is 20.8 Å². The SMILES string of the molecule is CCCOc1ccc(C(=O)NCCS(=O)(=O)O)cc1-c1nc(CC)c(CC)c(=O)[nH]1. The van der Waals surface area contributed by atoms with E-state index in [0.29, 0.717) is 47.8 Å². The van der Waals surface area contributed by atoms with Gasteiger partial charge < -0.3 is 15.0 Å². The zero-order valence-electron chi connectivity index (χ0n) is 17.3. The summed E-state index contributed by atoms with van der Waals surface area (Å²) in [5.74, 6) is -0.338. The summed E-state index contributed by atoms with van der Waals surface area (Å²) in [4.78, 5) is 32.3. The number of ether oxygens (including phenoxy) is 1. The molecule has 0 atom stereocenters. The van der Waals surface area contributed by atoms with Crippen molar-refractivity contribution in [2.24, 2.45) is 0 Å². The average Bonchev–Trinajstić information content (AvgIpc) is 2.70. The molecule has 0 aliphatic heterocycles. The van der Waals surface area contributed by atoms with E-state index in [1.807, 2.05) is 20.8 Å². The van der Waals surface area contributed by atoms with E-state index in [9.17, 15) is 18.0 Å². The molecule has 10 heteroatoms. The van der Waals surface area contributed by atoms with Gasteiger partial charge in [-0.05, 0) is 37.5 Å². The smallest absolute Gasteiger partial charge is 0.266 e. The fraction of sp³-hybridized carbons (Fsp3) is 0.450. The lowest BCUT2D eigenvalue weighted by molar-refractivity contribution is 0.0956. The molecule has 0 spiro atoms. The number of aromatic nitrogens is 2. The third-order valence-corrected chi connectivity index (χ3v) is 5.11. The monoisotopic (exact) mass is 437 g/mol. The number of benzene rings is 1. The number of aromatic amines is 1. The Morgan fingerprint density at radius 3 is 2.57 bits per heavy atom. The summed E-state index contributed by atoms with van der Waals surface area (Å²) in [6, 6.07) is 4.69. The van der Waals surface area contributed by atoms with Gasteiger partial charge in [0.1, 0.15) is 11.6 Å². The van der Waals surface area contributed by atoms with Crippen molar-refractivity contribution in [3.8, 4) is 17.1 Å². The van der Waals surface area contributed by atoms with Crippen LogP contribution in [0.1, 0.15) is 48.8 Å². The molecule has 3 N–H and O–H groups in total. The van der Waals surface area contributed by atoms with Crippen LogP contribution in [0.4, 0.5) is 0 Å². The molecule has 1 aromatic carbocycles. The molecule has 1 heterocycles. The Labute approximate surface area is 175 Å². The number of H-pyrrole nitrogens is 1. The number of nitrogens with zero attached hydrogens (tertiary/aromatic N) is 1. The zero-order valence-corrected chi connectivity index (χ0v) is 18.1. The molecule has 164 valence electrons. The fourth-order valence-corrected chi connectivity index (χ4v) is 3.28. The molecule has 0 saturated carbocycles. The predicted molar refractivity (Wildman–Crippen MR) is 114 cm³/mol. The highest BCUT2D eigenvalue weighted by Gasteiger charge is 2.17. The quantitative estimate of drug-likeness (QED) is 0.483. The van der Waals surface area contributed by atoms with Crippen LogP contribution in [0.2, 0.25) is 0 Å². The van der Waals surface area contributed by atoms with Crippen molar-refractivity contribution in [2.45, 2.75) is 40.0 Å². The molecule has 30 heavy (non-hydrogen) atoms. The first-order valence-electron chi connectivity index (χ1n) is 9.82. The largest absolute Gasteiger partial charge is 0.493 e. The van der Waals surface area contributed by atoms with Gasteiger partial charge in [0.25, 0.3) is 21.6 Å². The lowest BCUT2D eigenvalue weighted by Gasteiger charge is -2.14. The predicted octanol–water partition coefficient (Wildman–Crippen LogP) is 1.97. The molecule has 2 rings (SSSR count). The Bertz CT molecular complexity index is 1060. The second kappa shape index (κ2) is 10.4. The van der Waals surface area contributed by atoms with E-state index in [2.05, 4.69) is 15.3 Å². The highest BCUT2D eigenvalue weighted by atomic mass is 32.2. The molecule has 0 saturated heterocycles. The molecular weight excluding hydrogens is 410 g/mol. The van der Waals surface area contributed by atoms with Gasteiger partial charge in [0.15, 0.2) is 0 Å². The van der Waals surface area contributed by atoms with Gasteiger partial charge >= 0.3 is 0 Å². The second-order valence-corrected chi connectivity index (χ2v) is 8.22. The molecular formula is C20H27N3O6S. The van der Waals surface area contributed by atoms with Crippen LogP contribution in [0, 0.1) is 0 Å². The topological polar surface area (TPSA) is 138 Å². The number of amides is 1. The number of hydrogen-bond donors (Lipinski definition) is 3. The molecule has 1 amide bonds. The minimum absolute atomic E-state index is 0.233. The van der Waals surface area contributed by atoms with E-state index in [1.165, 1.54) is 12.1 Å². The molecule has 2 aromatic rings. The highest BCUT2D eigenvalue weighted by molar-refractivity contribution is 7.85. The van der Waals surface area contributed by atoms with Crippen molar-refractivity contribution in [2.75, 3.05) is 18.9 Å². The van der Waals surface area contributed by atoms with Crippen LogP contribution in [0.15, 0.2) is 23.0 Å². The third kappa shape index (κ3) is 6.14. The summed E-state index contributed by atoms with van der Waals surface area (Å²) in [5.41, 5.74) is 1.77. The molecule has 0 bridgehead atoms. The summed E-state index contributed by atoms with van der Waals surface area (Å²) < 4.78 is 36.2. The Balaban J connectivity index is 2.46. The van der Waals surface area contributed by atoms with Crippen LogP contribution < -0.4 is 15.6 Å². The number of aryl methyl sites for hydroxylation is 1. The van der Waals surface area contributed by atoms with E-state index >= 15 is 0 Å². The molecule has 0 radical (unpaired) electrons. The summed E-state index contributed by atoms with van der Waals surface area (Å²) in [6.45, 7) is 5.98. The Morgan fingerprint density at radius 1 is 1.23 bits per heavy atom. The van der Waals surface area contributed by atoms with Gasteiger partial charge in [-0.25, -0.2) is 4.98 Å². The van der Waals surface area contributed by atoms with E-state index < -0.39 is 21.8 Å². The van der Waals surface area contributed by atoms with Gasteiger partial charge in [0.05, 0.1) is 23.6 Å². The standard InChI is InChI=1S/C20H27N3O6S/c1-4-10-29-17-8-7-13(19(24)21-9-11-30(26,27)28)12-15(17)18-22-16(6-3)14(5-2)20(25)23-18/h7-8,12H,4-6,9-11H2,1-3H3,(H,21,24)(H,22,23,25)(H,26,27,28). The van der Waals surface area contributed by atoms with Crippen LogP contribution in [0.3, 0.4) is 0 Å². The summed E-state index contributed by atoms with van der Waals surface area (Å²) >= 11 is 0. The molecule has 1 aromatic heterocycles. The number of rotatable bonds is 10. The van der Waals surface area contributed by atoms with E-state index in [4.69, 9.17) is 9.29 Å². The van der Waals surface area contributed by atoms with Gasteiger partial charge in [0.2, 0.25) is 0 Å². The van der Waals surface area contributed by atoms with Crippen molar-refractivity contribution in [1.82, 2.24) is 15.3 Å². The first kappa shape index (κ1) is 23.6. The first-order valence-corrected chi connectivity index (χ1v) is 11.4. The maximum Gasteiger partial charge on any atom is 0.266 e. The summed E-state index contributed by atoms with van der Waals surface area (Å²) in [5, 5.41) is 2.44. The van der Waals surface area contributed by atoms with Gasteiger partial charge in [0, 0.05) is 17.7 Å². The fourth-order valence-electron chi connectivity index (χ4n) is 2.92. The summed E-state index contributed by atoms with van der Waals surface area (Å²) in [6.07, 6.45) is 1.92. The molecule has 0 aliphatic carbocycles. The van der Waals surface area contributed by atoms with E-state index in [-0.39, 0.29) is 17.7 Å². The number of carbonyl (C=O) groups excluding carboxylic acids is 1. The minimum Gasteiger partial charge on any atom is -0.493 e. The minimum atomic E-state index is -4.17. The second-order valence-electron chi connectivity index (χ2n) is 6.65. The average molecular weight is 438 g/mol. The third-order valence-electron chi connectivity index (χ3n) is 4.39. The van der Waals surface area contributed by atoms with Gasteiger partial charge in [-0.3, -0.25) is 14.1 Å². The zero-order chi connectivity index (χ0) is 22.3. The maximum atomic E-state index is 12.5. The van der Waals surface area contributed by atoms with Crippen LogP contribution in [0.25, 0.3) is 11.4 Å². The molecule has 0 unspecified atom stereocenters. The number of hydrogen-bond acceptors (Lipinski definition) is 6. The van der Waals surface area contributed by atoms with Crippen molar-refractivity contribution >= 4 is 16.0 Å². The van der Waals surface area contributed by atoms with Crippen molar-refractivity contribution < 1.29 is 22.5 Å². The lowest BCUT2D eigenvalue weighted by atomic mass is 10.1. The van der Waals surface area contributed by atoms with Crippen LogP contribution in [-0.2, 0) is 23.0 Å². The Hall–Kier alpha value is -2.72. The molecule has 0 fully saturated rings. The van der Waals surface area contributed by atoms with Crippen molar-refractivity contribution in [3.63, 3.8) is 0 Å². The Kier molecular flexibility index (Phi) is 8.13. The van der Waals surface area contributed by atoms with Crippen LogP contribution in [0.5, 0.6) is 5.75 Å². The molecule has 9 nitrogen and oxygen atoms in total. The normalized spacial score (nSPS) is 11.3. The van der Waals surface area contributed by atoms with Crippen molar-refractivity contribution in [3.05, 3.63) is 45.4 Å². The first-order chi connectivity index (χ1) is 14.2. The van der Waals surface area contributed by atoms with Crippen molar-refractivity contribution in [1.29, 1.82) is 0 Å². The number of carbonyl (C=O) groups is 1. The molecule has 0 aliphatic rings. The summed E-state index contributed by atoms with van der Waals surface area (Å²) in [7, 11) is -4.17. The van der Waals surface area contributed by atoms with Crippen LogP contribution >= 0.6 is 0 Å². The van der Waals surface area contributed by atoms with E-state index in [0.717, 1.165) is 6.42 Å². The maximum absolute atomic E-state index is 12.5. The Morgan fingerprint density at radius 2 is 1.97 bits per heavy atom. The number of nitrogens with one attached hydrogen (secondary N) is 2. The van der Waals surface area contributed by atoms with Gasteiger partial charge in [-0.15, -0.1) is 0 Å². The van der Waals surface area contributed by atoms with E-state index in [1.54, 1.807) is 6.07 Å².